The summed E-state index contributed by atoms with van der Waals surface area (Å²) in [6.07, 6.45) is 17.5. The van der Waals surface area contributed by atoms with Crippen LogP contribution in [0.5, 0.6) is 0 Å². The lowest BCUT2D eigenvalue weighted by atomic mass is 10.1. The lowest BCUT2D eigenvalue weighted by Gasteiger charge is -2.34. The molecule has 0 N–H and O–H groups in total. The molecule has 1 aliphatic heterocycles. The molecule has 1 aromatic rings. The van der Waals surface area contributed by atoms with Crippen LogP contribution in [-0.2, 0) is 0 Å². The highest BCUT2D eigenvalue weighted by Crippen LogP contribution is 2.26. The monoisotopic (exact) mass is 532 g/mol. The number of hydrogen-bond acceptors (Lipinski definition) is 4. The minimum Gasteiger partial charge on any atom is -0.374 e. The number of likely N-dealkylation sites (tertiary alicyclic amines) is 1. The number of para-hydroxylation sites is 1. The predicted molar refractivity (Wildman–Crippen MR) is 172 cm³/mol. The van der Waals surface area contributed by atoms with Gasteiger partial charge in [0.2, 0.25) is 0 Å². The van der Waals surface area contributed by atoms with Crippen LogP contribution in [0.3, 0.4) is 0 Å². The number of hydrogen-bond donors (Lipinski definition) is 0. The third kappa shape index (κ3) is 11.7. The van der Waals surface area contributed by atoms with E-state index in [1.807, 2.05) is 6.08 Å². The highest BCUT2D eigenvalue weighted by atomic mass is 15.2. The van der Waals surface area contributed by atoms with Crippen molar-refractivity contribution in [2.75, 3.05) is 63.8 Å². The van der Waals surface area contributed by atoms with Gasteiger partial charge in [0, 0.05) is 49.8 Å². The highest BCUT2D eigenvalue weighted by Gasteiger charge is 2.18. The van der Waals surface area contributed by atoms with E-state index in [4.69, 9.17) is 6.42 Å². The van der Waals surface area contributed by atoms with Gasteiger partial charge in [0.05, 0.1) is 0 Å². The zero-order valence-corrected chi connectivity index (χ0v) is 25.7. The molecule has 0 bridgehead atoms. The number of rotatable bonds is 20. The number of aryl methyl sites for hydroxylation is 1. The van der Waals surface area contributed by atoms with E-state index < -0.39 is 0 Å². The first-order valence-corrected chi connectivity index (χ1v) is 15.5. The maximum absolute atomic E-state index is 5.68. The van der Waals surface area contributed by atoms with Crippen LogP contribution in [0.2, 0.25) is 0 Å². The van der Waals surface area contributed by atoms with Crippen LogP contribution in [0.4, 0.5) is 5.69 Å². The van der Waals surface area contributed by atoms with Crippen LogP contribution in [0.15, 0.2) is 60.5 Å². The molecule has 0 radical (unpaired) electrons. The van der Waals surface area contributed by atoms with Gasteiger partial charge in [-0.05, 0) is 94.9 Å². The topological polar surface area (TPSA) is 13.0 Å². The summed E-state index contributed by atoms with van der Waals surface area (Å²) in [5.74, 6) is 2.76. The van der Waals surface area contributed by atoms with Gasteiger partial charge in [-0.15, -0.1) is 6.42 Å². The molecule has 1 saturated heterocycles. The number of terminal acetylenes is 1. The van der Waals surface area contributed by atoms with Crippen molar-refractivity contribution < 1.29 is 0 Å². The predicted octanol–water partition coefficient (Wildman–Crippen LogP) is 7.49. The molecular formula is C35H56N4. The molecule has 4 heteroatoms. The van der Waals surface area contributed by atoms with Gasteiger partial charge < -0.3 is 14.7 Å². The summed E-state index contributed by atoms with van der Waals surface area (Å²) < 4.78 is 0. The summed E-state index contributed by atoms with van der Waals surface area (Å²) in [4.78, 5) is 9.98. The Morgan fingerprint density at radius 1 is 0.949 bits per heavy atom. The van der Waals surface area contributed by atoms with Crippen molar-refractivity contribution in [3.63, 3.8) is 0 Å². The molecule has 39 heavy (non-hydrogen) atoms. The minimum atomic E-state index is 0.777. The number of benzene rings is 1. The summed E-state index contributed by atoms with van der Waals surface area (Å²) in [5, 5.41) is 0. The van der Waals surface area contributed by atoms with Gasteiger partial charge >= 0.3 is 0 Å². The molecule has 0 amide bonds. The van der Waals surface area contributed by atoms with Crippen molar-refractivity contribution in [2.24, 2.45) is 0 Å². The number of anilines is 1. The Morgan fingerprint density at radius 3 is 2.31 bits per heavy atom. The van der Waals surface area contributed by atoms with Gasteiger partial charge in [0.1, 0.15) is 0 Å². The standard InChI is InChI=1S/C35H56N4/c1-8-19-34(20-9-2)30-39(35-22-14-13-21-31(35)5)33(7)29-36(11-4)28-32(6)38(23-10-3)27-16-12-15-24-37-25-17-18-26-37/h1,13-14,19,21-22H,6-7,9-12,15-18,20,23-30H2,2-5H3/b34-19+. The third-order valence-corrected chi connectivity index (χ3v) is 7.81. The van der Waals surface area contributed by atoms with E-state index in [2.05, 4.69) is 90.6 Å². The molecule has 0 unspecified atom stereocenters. The van der Waals surface area contributed by atoms with Crippen LogP contribution < -0.4 is 4.90 Å². The average Bonchev–Trinajstić information content (AvgIpc) is 3.44. The van der Waals surface area contributed by atoms with Crippen molar-refractivity contribution in [3.8, 4) is 12.3 Å². The maximum Gasteiger partial charge on any atom is 0.0447 e. The molecular weight excluding hydrogens is 476 g/mol. The highest BCUT2D eigenvalue weighted by molar-refractivity contribution is 5.58. The van der Waals surface area contributed by atoms with Crippen LogP contribution in [-0.4, -0.2) is 73.6 Å². The van der Waals surface area contributed by atoms with E-state index in [0.717, 1.165) is 64.2 Å². The van der Waals surface area contributed by atoms with Crippen LogP contribution in [0, 0.1) is 19.3 Å². The lowest BCUT2D eigenvalue weighted by molar-refractivity contribution is 0.262. The number of unbranched alkanes of at least 4 members (excludes halogenated alkanes) is 2. The molecule has 0 atom stereocenters. The normalized spacial score (nSPS) is 14.0. The summed E-state index contributed by atoms with van der Waals surface area (Å²) in [5.41, 5.74) is 6.06. The van der Waals surface area contributed by atoms with Gasteiger partial charge in [0.25, 0.3) is 0 Å². The van der Waals surface area contributed by atoms with E-state index in [1.165, 1.54) is 74.3 Å². The fourth-order valence-electron chi connectivity index (χ4n) is 5.57. The summed E-state index contributed by atoms with van der Waals surface area (Å²) >= 11 is 0. The zero-order valence-electron chi connectivity index (χ0n) is 25.7. The van der Waals surface area contributed by atoms with E-state index in [-0.39, 0.29) is 0 Å². The Morgan fingerprint density at radius 2 is 1.67 bits per heavy atom. The second-order valence-corrected chi connectivity index (χ2v) is 11.1. The first kappa shape index (κ1) is 32.7. The molecule has 1 aromatic carbocycles. The number of allylic oxidation sites excluding steroid dienone is 1. The van der Waals surface area contributed by atoms with Crippen molar-refractivity contribution in [1.82, 2.24) is 14.7 Å². The summed E-state index contributed by atoms with van der Waals surface area (Å²) in [7, 11) is 0. The quantitative estimate of drug-likeness (QED) is 0.127. The third-order valence-electron chi connectivity index (χ3n) is 7.81. The Balaban J connectivity index is 2.01. The van der Waals surface area contributed by atoms with E-state index in [9.17, 15) is 0 Å². The Bertz CT molecular complexity index is 934. The fourth-order valence-corrected chi connectivity index (χ4v) is 5.57. The molecule has 1 heterocycles. The van der Waals surface area contributed by atoms with Crippen molar-refractivity contribution in [3.05, 3.63) is 66.0 Å². The molecule has 4 nitrogen and oxygen atoms in total. The number of nitrogens with zero attached hydrogens (tertiary/aromatic N) is 4. The van der Waals surface area contributed by atoms with Crippen molar-refractivity contribution >= 4 is 5.69 Å². The van der Waals surface area contributed by atoms with Gasteiger partial charge in [-0.3, -0.25) is 4.90 Å². The van der Waals surface area contributed by atoms with E-state index in [1.54, 1.807) is 0 Å². The second-order valence-electron chi connectivity index (χ2n) is 11.1. The van der Waals surface area contributed by atoms with Gasteiger partial charge in [0.15, 0.2) is 0 Å². The fraction of sp³-hybridized carbons (Fsp3) is 0.600. The molecule has 216 valence electrons. The smallest absolute Gasteiger partial charge is 0.0447 e. The van der Waals surface area contributed by atoms with E-state index >= 15 is 0 Å². The molecule has 0 aliphatic carbocycles. The summed E-state index contributed by atoms with van der Waals surface area (Å²) in [6.45, 7) is 27.5. The molecule has 0 spiro atoms. The van der Waals surface area contributed by atoms with Crippen LogP contribution in [0.1, 0.15) is 77.7 Å². The molecule has 0 saturated carbocycles. The first-order chi connectivity index (χ1) is 18.9. The lowest BCUT2D eigenvalue weighted by Crippen LogP contribution is -2.38. The zero-order chi connectivity index (χ0) is 28.5. The summed E-state index contributed by atoms with van der Waals surface area (Å²) in [6, 6.07) is 8.58. The molecule has 1 aliphatic rings. The Hall–Kier alpha value is -2.48. The first-order valence-electron chi connectivity index (χ1n) is 15.5. The largest absolute Gasteiger partial charge is 0.374 e. The number of likely N-dealkylation sites (N-methyl/N-ethyl adjacent to an activating group) is 1. The van der Waals surface area contributed by atoms with Crippen molar-refractivity contribution in [1.29, 1.82) is 0 Å². The van der Waals surface area contributed by atoms with Gasteiger partial charge in [-0.1, -0.05) is 70.9 Å². The average molecular weight is 533 g/mol. The van der Waals surface area contributed by atoms with Crippen LogP contribution >= 0.6 is 0 Å². The molecule has 2 rings (SSSR count). The molecule has 0 aromatic heterocycles. The SMILES string of the molecule is C#C/C=C(\CCC)CN(C(=C)CN(CC)CC(=C)N(CCC)CCCCCN1CCCC1)c1ccccc1C. The van der Waals surface area contributed by atoms with Crippen LogP contribution in [0.25, 0.3) is 0 Å². The Labute approximate surface area is 241 Å². The Kier molecular flexibility index (Phi) is 15.7. The van der Waals surface area contributed by atoms with Gasteiger partial charge in [-0.25, -0.2) is 0 Å². The molecule has 1 fully saturated rings. The van der Waals surface area contributed by atoms with Crippen molar-refractivity contribution in [2.45, 2.75) is 79.1 Å². The van der Waals surface area contributed by atoms with E-state index in [0.29, 0.717) is 0 Å². The second kappa shape index (κ2) is 18.7. The maximum atomic E-state index is 5.68. The van der Waals surface area contributed by atoms with Gasteiger partial charge in [-0.2, -0.15) is 0 Å². The minimum absolute atomic E-state index is 0.777.